The number of esters is 1. The third-order valence-corrected chi connectivity index (χ3v) is 3.49. The number of ether oxygens (including phenoxy) is 2. The number of thiophene rings is 1. The first kappa shape index (κ1) is 12.4. The number of hydrogen-bond donors (Lipinski definition) is 1. The zero-order valence-corrected chi connectivity index (χ0v) is 11.1. The van der Waals surface area contributed by atoms with Gasteiger partial charge >= 0.3 is 5.97 Å². The molecule has 0 amide bonds. The van der Waals surface area contributed by atoms with E-state index >= 15 is 0 Å². The Kier molecular flexibility index (Phi) is 3.14. The van der Waals surface area contributed by atoms with E-state index in [1.807, 2.05) is 20.8 Å². The second kappa shape index (κ2) is 4.31. The average Bonchev–Trinajstić information content (AvgIpc) is 2.50. The Morgan fingerprint density at radius 3 is 2.82 bits per heavy atom. The SMILES string of the molecule is CC(C)(C)OC(=O)c1c(N)sc2c1CCOC2. The van der Waals surface area contributed by atoms with Gasteiger partial charge in [-0.05, 0) is 32.8 Å². The minimum Gasteiger partial charge on any atom is -0.456 e. The first-order chi connectivity index (χ1) is 7.88. The monoisotopic (exact) mass is 255 g/mol. The lowest BCUT2D eigenvalue weighted by Crippen LogP contribution is -2.25. The molecule has 2 N–H and O–H groups in total. The predicted octanol–water partition coefficient (Wildman–Crippen LogP) is 2.36. The second-order valence-corrected chi connectivity index (χ2v) is 6.18. The van der Waals surface area contributed by atoms with Gasteiger partial charge in [-0.2, -0.15) is 0 Å². The summed E-state index contributed by atoms with van der Waals surface area (Å²) in [7, 11) is 0. The lowest BCUT2D eigenvalue weighted by molar-refractivity contribution is 0.00686. The molecule has 0 atom stereocenters. The van der Waals surface area contributed by atoms with Gasteiger partial charge in [-0.3, -0.25) is 0 Å². The number of nitrogen functional groups attached to an aromatic ring is 1. The molecule has 0 aliphatic carbocycles. The first-order valence-corrected chi connectivity index (χ1v) is 6.41. The van der Waals surface area contributed by atoms with Crippen LogP contribution < -0.4 is 5.73 Å². The van der Waals surface area contributed by atoms with Gasteiger partial charge < -0.3 is 15.2 Å². The van der Waals surface area contributed by atoms with Gasteiger partial charge in [0.2, 0.25) is 0 Å². The highest BCUT2D eigenvalue weighted by Gasteiger charge is 2.28. The van der Waals surface area contributed by atoms with Gasteiger partial charge in [0, 0.05) is 4.88 Å². The van der Waals surface area contributed by atoms with E-state index in [4.69, 9.17) is 15.2 Å². The maximum absolute atomic E-state index is 12.1. The van der Waals surface area contributed by atoms with Crippen LogP contribution in [0.25, 0.3) is 0 Å². The maximum atomic E-state index is 12.1. The molecule has 4 nitrogen and oxygen atoms in total. The van der Waals surface area contributed by atoms with Gasteiger partial charge in [-0.15, -0.1) is 11.3 Å². The van der Waals surface area contributed by atoms with Crippen LogP contribution in [0.15, 0.2) is 0 Å². The Bertz CT molecular complexity index is 445. The molecule has 0 radical (unpaired) electrons. The molecule has 5 heteroatoms. The third kappa shape index (κ3) is 2.61. The van der Waals surface area contributed by atoms with E-state index in [2.05, 4.69) is 0 Å². The van der Waals surface area contributed by atoms with E-state index in [1.165, 1.54) is 11.3 Å². The summed E-state index contributed by atoms with van der Waals surface area (Å²) >= 11 is 1.42. The minimum absolute atomic E-state index is 0.325. The number of rotatable bonds is 1. The summed E-state index contributed by atoms with van der Waals surface area (Å²) in [4.78, 5) is 13.1. The zero-order valence-electron chi connectivity index (χ0n) is 10.3. The van der Waals surface area contributed by atoms with E-state index in [1.54, 1.807) is 0 Å². The number of anilines is 1. The number of fused-ring (bicyclic) bond motifs is 1. The largest absolute Gasteiger partial charge is 0.456 e. The summed E-state index contributed by atoms with van der Waals surface area (Å²) in [5, 5.41) is 0.537. The van der Waals surface area contributed by atoms with Crippen LogP contribution in [0, 0.1) is 0 Å². The first-order valence-electron chi connectivity index (χ1n) is 5.59. The lowest BCUT2D eigenvalue weighted by atomic mass is 10.1. The minimum atomic E-state index is -0.497. The summed E-state index contributed by atoms with van der Waals surface area (Å²) in [5.41, 5.74) is 6.96. The Morgan fingerprint density at radius 1 is 1.47 bits per heavy atom. The molecule has 0 saturated heterocycles. The number of hydrogen-bond acceptors (Lipinski definition) is 5. The van der Waals surface area contributed by atoms with Crippen molar-refractivity contribution in [1.29, 1.82) is 0 Å². The highest BCUT2D eigenvalue weighted by atomic mass is 32.1. The van der Waals surface area contributed by atoms with Crippen molar-refractivity contribution in [1.82, 2.24) is 0 Å². The van der Waals surface area contributed by atoms with Crippen LogP contribution in [0.3, 0.4) is 0 Å². The Hall–Kier alpha value is -1.07. The van der Waals surface area contributed by atoms with Gasteiger partial charge in [0.25, 0.3) is 0 Å². The van der Waals surface area contributed by atoms with Crippen molar-refractivity contribution in [2.75, 3.05) is 12.3 Å². The summed E-state index contributed by atoms with van der Waals surface area (Å²) in [6.45, 7) is 6.74. The van der Waals surface area contributed by atoms with Crippen LogP contribution in [-0.2, 0) is 22.5 Å². The van der Waals surface area contributed by atoms with Crippen LogP contribution in [0.5, 0.6) is 0 Å². The van der Waals surface area contributed by atoms with Crippen molar-refractivity contribution < 1.29 is 14.3 Å². The van der Waals surface area contributed by atoms with Crippen LogP contribution in [0.4, 0.5) is 5.00 Å². The summed E-state index contributed by atoms with van der Waals surface area (Å²) in [6, 6.07) is 0. The molecule has 2 heterocycles. The van der Waals surface area contributed by atoms with Gasteiger partial charge in [0.15, 0.2) is 0 Å². The molecule has 1 aromatic rings. The summed E-state index contributed by atoms with van der Waals surface area (Å²) < 4.78 is 10.7. The normalized spacial score (nSPS) is 15.5. The maximum Gasteiger partial charge on any atom is 0.341 e. The predicted molar refractivity (Wildman–Crippen MR) is 67.3 cm³/mol. The molecule has 1 aliphatic rings. The average molecular weight is 255 g/mol. The molecule has 1 aromatic heterocycles. The van der Waals surface area contributed by atoms with Crippen molar-refractivity contribution in [3.8, 4) is 0 Å². The van der Waals surface area contributed by atoms with Crippen LogP contribution in [0.1, 0.15) is 41.6 Å². The van der Waals surface area contributed by atoms with Crippen molar-refractivity contribution in [2.45, 2.75) is 39.4 Å². The van der Waals surface area contributed by atoms with Gasteiger partial charge in [0.05, 0.1) is 18.8 Å². The van der Waals surface area contributed by atoms with E-state index in [-0.39, 0.29) is 5.97 Å². The van der Waals surface area contributed by atoms with Crippen LogP contribution in [0.2, 0.25) is 0 Å². The quantitative estimate of drug-likeness (QED) is 0.782. The smallest absolute Gasteiger partial charge is 0.341 e. The molecule has 1 aliphatic heterocycles. The van der Waals surface area contributed by atoms with E-state index in [0.29, 0.717) is 23.8 Å². The van der Waals surface area contributed by atoms with E-state index < -0.39 is 5.60 Å². The van der Waals surface area contributed by atoms with Crippen molar-refractivity contribution >= 4 is 22.3 Å². The Balaban J connectivity index is 2.32. The second-order valence-electron chi connectivity index (χ2n) is 5.05. The van der Waals surface area contributed by atoms with Crippen molar-refractivity contribution in [2.24, 2.45) is 0 Å². The number of nitrogens with two attached hydrogens (primary N) is 1. The van der Waals surface area contributed by atoms with Gasteiger partial charge in [-0.25, -0.2) is 4.79 Å². The molecule has 0 fully saturated rings. The highest BCUT2D eigenvalue weighted by molar-refractivity contribution is 7.16. The van der Waals surface area contributed by atoms with Crippen molar-refractivity contribution in [3.63, 3.8) is 0 Å². The number of carbonyl (C=O) groups excluding carboxylic acids is 1. The fourth-order valence-corrected chi connectivity index (χ4v) is 2.85. The Morgan fingerprint density at radius 2 is 2.18 bits per heavy atom. The summed E-state index contributed by atoms with van der Waals surface area (Å²) in [6.07, 6.45) is 0.734. The van der Waals surface area contributed by atoms with E-state index in [0.717, 1.165) is 16.9 Å². The fourth-order valence-electron chi connectivity index (χ4n) is 1.81. The van der Waals surface area contributed by atoms with E-state index in [9.17, 15) is 4.79 Å². The van der Waals surface area contributed by atoms with Gasteiger partial charge in [0.1, 0.15) is 10.6 Å². The van der Waals surface area contributed by atoms with Gasteiger partial charge in [-0.1, -0.05) is 0 Å². The Labute approximate surface area is 105 Å². The standard InChI is InChI=1S/C12H17NO3S/c1-12(2,3)16-11(14)9-7-4-5-15-6-8(7)17-10(9)13/h4-6,13H2,1-3H3. The number of carbonyl (C=O) groups is 1. The molecular weight excluding hydrogens is 238 g/mol. The molecular formula is C12H17NO3S. The molecule has 0 bridgehead atoms. The molecule has 0 saturated carbocycles. The van der Waals surface area contributed by atoms with Crippen LogP contribution >= 0.6 is 11.3 Å². The summed E-state index contributed by atoms with van der Waals surface area (Å²) in [5.74, 6) is -0.325. The molecule has 0 unspecified atom stereocenters. The molecule has 2 rings (SSSR count). The lowest BCUT2D eigenvalue weighted by Gasteiger charge is -2.20. The fraction of sp³-hybridized carbons (Fsp3) is 0.583. The third-order valence-electron chi connectivity index (χ3n) is 2.45. The van der Waals surface area contributed by atoms with Crippen molar-refractivity contribution in [3.05, 3.63) is 16.0 Å². The molecule has 0 spiro atoms. The zero-order chi connectivity index (χ0) is 12.6. The molecule has 94 valence electrons. The highest BCUT2D eigenvalue weighted by Crippen LogP contribution is 2.35. The molecule has 17 heavy (non-hydrogen) atoms. The molecule has 0 aromatic carbocycles. The topological polar surface area (TPSA) is 61.5 Å². The van der Waals surface area contributed by atoms with Crippen LogP contribution in [-0.4, -0.2) is 18.2 Å².